The fourth-order valence-corrected chi connectivity index (χ4v) is 5.90. The fourth-order valence-electron chi connectivity index (χ4n) is 4.30. The van der Waals surface area contributed by atoms with Crippen molar-refractivity contribution < 1.29 is 19.4 Å². The van der Waals surface area contributed by atoms with E-state index in [4.69, 9.17) is 26.1 Å². The standard InChI is InChI=1S/C25H27ClN2O4S/c1-12-11-15-22(33-23(28-15)13-5-6-13)18(17(12)21(24(29)30)32-25(2,3)4)14-7-8-16-20(19(14)26)27-9-10-31-16/h7-8,11,13,21,27H,5-6,9-10H2,1-4H3,(H,29,30)/t21-/m0/s1. The number of carbonyl (C=O) groups is 1. The molecule has 2 N–H and O–H groups in total. The molecule has 6 nitrogen and oxygen atoms in total. The molecule has 1 aromatic heterocycles. The van der Waals surface area contributed by atoms with Crippen LogP contribution in [0.2, 0.25) is 5.02 Å². The lowest BCUT2D eigenvalue weighted by molar-refractivity contribution is -0.160. The van der Waals surface area contributed by atoms with E-state index in [1.165, 1.54) is 0 Å². The van der Waals surface area contributed by atoms with E-state index >= 15 is 0 Å². The van der Waals surface area contributed by atoms with E-state index in [0.29, 0.717) is 35.4 Å². The molecule has 0 saturated heterocycles. The van der Waals surface area contributed by atoms with Crippen molar-refractivity contribution in [3.8, 4) is 16.9 Å². The van der Waals surface area contributed by atoms with Gasteiger partial charge in [-0.15, -0.1) is 11.3 Å². The van der Waals surface area contributed by atoms with Crippen molar-refractivity contribution >= 4 is 44.8 Å². The maximum Gasteiger partial charge on any atom is 0.337 e. The van der Waals surface area contributed by atoms with Crippen molar-refractivity contribution in [1.82, 2.24) is 4.98 Å². The second kappa shape index (κ2) is 8.15. The molecule has 1 aliphatic heterocycles. The number of thiazole rings is 1. The molecule has 2 aromatic carbocycles. The Morgan fingerprint density at radius 3 is 2.79 bits per heavy atom. The lowest BCUT2D eigenvalue weighted by atomic mass is 9.90. The molecule has 3 aromatic rings. The van der Waals surface area contributed by atoms with Crippen LogP contribution in [0.3, 0.4) is 0 Å². The van der Waals surface area contributed by atoms with Crippen molar-refractivity contribution in [1.29, 1.82) is 0 Å². The molecule has 1 atom stereocenters. The molecule has 1 saturated carbocycles. The Balaban J connectivity index is 1.81. The van der Waals surface area contributed by atoms with Gasteiger partial charge in [-0.3, -0.25) is 0 Å². The zero-order valence-corrected chi connectivity index (χ0v) is 20.7. The summed E-state index contributed by atoms with van der Waals surface area (Å²) in [5.41, 5.74) is 3.93. The Morgan fingerprint density at radius 1 is 1.36 bits per heavy atom. The molecule has 0 bridgehead atoms. The van der Waals surface area contributed by atoms with Gasteiger partial charge in [0.1, 0.15) is 12.4 Å². The highest BCUT2D eigenvalue weighted by Crippen LogP contribution is 2.50. The number of anilines is 1. The molecule has 1 aliphatic carbocycles. The molecule has 0 amide bonds. The van der Waals surface area contributed by atoms with Crippen LogP contribution in [0.5, 0.6) is 5.75 Å². The first-order chi connectivity index (χ1) is 15.6. The highest BCUT2D eigenvalue weighted by molar-refractivity contribution is 7.19. The summed E-state index contributed by atoms with van der Waals surface area (Å²) in [6.45, 7) is 8.74. The Kier molecular flexibility index (Phi) is 5.54. The van der Waals surface area contributed by atoms with Crippen molar-refractivity contribution in [3.63, 3.8) is 0 Å². The first kappa shape index (κ1) is 22.4. The van der Waals surface area contributed by atoms with Gasteiger partial charge < -0.3 is 19.9 Å². The number of aromatic nitrogens is 1. The summed E-state index contributed by atoms with van der Waals surface area (Å²) in [5, 5.41) is 15.2. The largest absolute Gasteiger partial charge is 0.490 e. The Labute approximate surface area is 201 Å². The predicted octanol–water partition coefficient (Wildman–Crippen LogP) is 6.55. The molecule has 2 aliphatic rings. The number of ether oxygens (including phenoxy) is 2. The average molecular weight is 487 g/mol. The van der Waals surface area contributed by atoms with Crippen molar-refractivity contribution in [3.05, 3.63) is 39.4 Å². The number of nitrogens with zero attached hydrogens (tertiary/aromatic N) is 1. The van der Waals surface area contributed by atoms with Gasteiger partial charge in [0.25, 0.3) is 0 Å². The predicted molar refractivity (Wildman–Crippen MR) is 132 cm³/mol. The molecule has 174 valence electrons. The van der Waals surface area contributed by atoms with Gasteiger partial charge in [-0.1, -0.05) is 11.6 Å². The van der Waals surface area contributed by atoms with Crippen LogP contribution in [0, 0.1) is 6.92 Å². The Morgan fingerprint density at radius 2 is 2.12 bits per heavy atom. The zero-order chi connectivity index (χ0) is 23.5. The summed E-state index contributed by atoms with van der Waals surface area (Å²) in [5.74, 6) is 0.161. The van der Waals surface area contributed by atoms with E-state index in [9.17, 15) is 9.90 Å². The number of hydrogen-bond donors (Lipinski definition) is 2. The number of fused-ring (bicyclic) bond motifs is 2. The maximum atomic E-state index is 12.5. The number of nitrogens with one attached hydrogen (secondary N) is 1. The number of halogens is 1. The molecule has 5 rings (SSSR count). The Bertz CT molecular complexity index is 1260. The van der Waals surface area contributed by atoms with Crippen LogP contribution < -0.4 is 10.1 Å². The van der Waals surface area contributed by atoms with Crippen LogP contribution >= 0.6 is 22.9 Å². The normalized spacial score (nSPS) is 16.8. The van der Waals surface area contributed by atoms with Crippen molar-refractivity contribution in [2.75, 3.05) is 18.5 Å². The van der Waals surface area contributed by atoms with Crippen LogP contribution in [0.4, 0.5) is 5.69 Å². The number of carboxylic acid groups (broad SMARTS) is 1. The van der Waals surface area contributed by atoms with Crippen LogP contribution in [0.15, 0.2) is 18.2 Å². The zero-order valence-electron chi connectivity index (χ0n) is 19.1. The first-order valence-electron chi connectivity index (χ1n) is 11.2. The number of carboxylic acids is 1. The summed E-state index contributed by atoms with van der Waals surface area (Å²) < 4.78 is 12.8. The van der Waals surface area contributed by atoms with Crippen molar-refractivity contribution in [2.24, 2.45) is 0 Å². The third kappa shape index (κ3) is 4.18. The van der Waals surface area contributed by atoms with Crippen LogP contribution in [0.1, 0.15) is 61.8 Å². The van der Waals surface area contributed by atoms with Gasteiger partial charge in [0.15, 0.2) is 6.10 Å². The molecule has 33 heavy (non-hydrogen) atoms. The minimum absolute atomic E-state index is 0.495. The maximum absolute atomic E-state index is 12.5. The fraction of sp³-hybridized carbons (Fsp3) is 0.440. The minimum Gasteiger partial charge on any atom is -0.490 e. The van der Waals surface area contributed by atoms with Crippen LogP contribution in [0.25, 0.3) is 21.3 Å². The molecular formula is C25H27ClN2O4S. The second-order valence-electron chi connectivity index (χ2n) is 9.68. The summed E-state index contributed by atoms with van der Waals surface area (Å²) in [6, 6.07) is 5.79. The monoisotopic (exact) mass is 486 g/mol. The van der Waals surface area contributed by atoms with E-state index in [1.807, 2.05) is 45.9 Å². The van der Waals surface area contributed by atoms with Gasteiger partial charge in [0.05, 0.1) is 31.5 Å². The van der Waals surface area contributed by atoms with E-state index in [2.05, 4.69) is 5.32 Å². The van der Waals surface area contributed by atoms with Gasteiger partial charge >= 0.3 is 5.97 Å². The van der Waals surface area contributed by atoms with Gasteiger partial charge in [-0.2, -0.15) is 0 Å². The SMILES string of the molecule is Cc1cc2nc(C3CC3)sc2c(-c2ccc3c(c2Cl)NCCO3)c1[C@H](OC(C)(C)C)C(=O)O. The number of aryl methyl sites for hydroxylation is 1. The quantitative estimate of drug-likeness (QED) is 0.425. The Hall–Kier alpha value is -2.35. The summed E-state index contributed by atoms with van der Waals surface area (Å²) >= 11 is 8.57. The number of hydrogen-bond acceptors (Lipinski definition) is 6. The lowest BCUT2D eigenvalue weighted by Crippen LogP contribution is -2.28. The molecular weight excluding hydrogens is 460 g/mol. The van der Waals surface area contributed by atoms with E-state index < -0.39 is 17.7 Å². The average Bonchev–Trinajstić information content (AvgIpc) is 3.51. The third-order valence-corrected chi connectivity index (χ3v) is 7.51. The lowest BCUT2D eigenvalue weighted by Gasteiger charge is -2.28. The highest BCUT2D eigenvalue weighted by atomic mass is 35.5. The van der Waals surface area contributed by atoms with E-state index in [-0.39, 0.29) is 0 Å². The smallest absolute Gasteiger partial charge is 0.337 e. The number of benzene rings is 2. The van der Waals surface area contributed by atoms with Gasteiger partial charge in [-0.25, -0.2) is 9.78 Å². The number of aliphatic carboxylic acids is 1. The van der Waals surface area contributed by atoms with Crippen LogP contribution in [-0.4, -0.2) is 34.8 Å². The van der Waals surface area contributed by atoms with Gasteiger partial charge in [-0.05, 0) is 64.3 Å². The second-order valence-corrected chi connectivity index (χ2v) is 11.1. The van der Waals surface area contributed by atoms with Gasteiger partial charge in [0, 0.05) is 29.2 Å². The highest BCUT2D eigenvalue weighted by Gasteiger charge is 2.34. The molecule has 2 heterocycles. The molecule has 0 radical (unpaired) electrons. The van der Waals surface area contributed by atoms with Crippen LogP contribution in [-0.2, 0) is 9.53 Å². The summed E-state index contributed by atoms with van der Waals surface area (Å²) in [7, 11) is 0. The molecule has 8 heteroatoms. The summed E-state index contributed by atoms with van der Waals surface area (Å²) in [4.78, 5) is 17.4. The van der Waals surface area contributed by atoms with Gasteiger partial charge in [0.2, 0.25) is 0 Å². The molecule has 1 fully saturated rings. The minimum atomic E-state index is -1.15. The molecule has 0 unspecified atom stereocenters. The molecule has 0 spiro atoms. The van der Waals surface area contributed by atoms with E-state index in [0.717, 1.165) is 50.4 Å². The number of rotatable bonds is 5. The topological polar surface area (TPSA) is 80.7 Å². The van der Waals surface area contributed by atoms with E-state index in [1.54, 1.807) is 11.3 Å². The summed E-state index contributed by atoms with van der Waals surface area (Å²) in [6.07, 6.45) is 1.15. The van der Waals surface area contributed by atoms with Crippen molar-refractivity contribution in [2.45, 2.75) is 58.2 Å². The first-order valence-corrected chi connectivity index (χ1v) is 12.4. The third-order valence-electron chi connectivity index (χ3n) is 5.86.